The average Bonchev–Trinajstić information content (AvgIpc) is 3.00. The number of cyclic esters (lactones) is 1. The van der Waals surface area contributed by atoms with Crippen molar-refractivity contribution in [2.45, 2.75) is 25.4 Å². The summed E-state index contributed by atoms with van der Waals surface area (Å²) in [6.45, 7) is -0.397. The molecule has 2 aromatic carbocycles. The molecule has 2 aromatic rings. The second-order valence-electron chi connectivity index (χ2n) is 6.39. The van der Waals surface area contributed by atoms with Gasteiger partial charge in [0, 0.05) is 0 Å². The summed E-state index contributed by atoms with van der Waals surface area (Å²) in [7, 11) is 1.49. The Bertz CT molecular complexity index is 872. The van der Waals surface area contributed by atoms with Crippen LogP contribution in [0, 0.1) is 0 Å². The zero-order valence-corrected chi connectivity index (χ0v) is 15.6. The lowest BCUT2D eigenvalue weighted by molar-refractivity contribution is -0.141. The second kappa shape index (κ2) is 9.08. The molecule has 0 saturated heterocycles. The summed E-state index contributed by atoms with van der Waals surface area (Å²) < 4.78 is 15.8. The van der Waals surface area contributed by atoms with E-state index in [2.05, 4.69) is 0 Å². The minimum Gasteiger partial charge on any atom is -0.507 e. The third-order valence-corrected chi connectivity index (χ3v) is 4.50. The SMILES string of the molecule is COc1ccccc1OCC(=O)C1=C(O)C(CCCc2ccccc2)OC1=O. The normalized spacial score (nSPS) is 16.0. The van der Waals surface area contributed by atoms with Crippen LogP contribution < -0.4 is 9.47 Å². The lowest BCUT2D eigenvalue weighted by Crippen LogP contribution is -2.18. The Morgan fingerprint density at radius 1 is 1.07 bits per heavy atom. The lowest BCUT2D eigenvalue weighted by atomic mass is 10.0. The number of aliphatic hydroxyl groups excluding tert-OH is 1. The number of esters is 1. The van der Waals surface area contributed by atoms with Crippen molar-refractivity contribution in [1.82, 2.24) is 0 Å². The number of carbonyl (C=O) groups excluding carboxylic acids is 2. The van der Waals surface area contributed by atoms with E-state index in [0.29, 0.717) is 24.3 Å². The number of rotatable bonds is 9. The van der Waals surface area contributed by atoms with Crippen LogP contribution in [0.4, 0.5) is 0 Å². The van der Waals surface area contributed by atoms with Gasteiger partial charge in [0.2, 0.25) is 5.78 Å². The van der Waals surface area contributed by atoms with Crippen LogP contribution in [0.25, 0.3) is 0 Å². The van der Waals surface area contributed by atoms with Gasteiger partial charge in [-0.3, -0.25) is 4.79 Å². The highest BCUT2D eigenvalue weighted by molar-refractivity contribution is 6.19. The van der Waals surface area contributed by atoms with E-state index >= 15 is 0 Å². The molecule has 0 aromatic heterocycles. The van der Waals surface area contributed by atoms with Gasteiger partial charge in [-0.1, -0.05) is 42.5 Å². The Balaban J connectivity index is 1.58. The van der Waals surface area contributed by atoms with Crippen LogP contribution in [0.5, 0.6) is 11.5 Å². The number of aryl methyl sites for hydroxylation is 1. The van der Waals surface area contributed by atoms with Crippen LogP contribution in [0.1, 0.15) is 18.4 Å². The molecule has 28 heavy (non-hydrogen) atoms. The molecule has 3 rings (SSSR count). The van der Waals surface area contributed by atoms with Gasteiger partial charge in [-0.2, -0.15) is 0 Å². The Morgan fingerprint density at radius 2 is 1.75 bits per heavy atom. The molecule has 6 nitrogen and oxygen atoms in total. The third kappa shape index (κ3) is 4.52. The first-order chi connectivity index (χ1) is 13.6. The van der Waals surface area contributed by atoms with Gasteiger partial charge in [-0.25, -0.2) is 4.79 Å². The number of ketones is 1. The van der Waals surface area contributed by atoms with Crippen LogP contribution in [0.15, 0.2) is 65.9 Å². The fraction of sp³-hybridized carbons (Fsp3) is 0.273. The van der Waals surface area contributed by atoms with Crippen molar-refractivity contribution in [3.05, 3.63) is 71.5 Å². The Hall–Kier alpha value is -3.28. The van der Waals surface area contributed by atoms with Crippen LogP contribution in [-0.4, -0.2) is 36.7 Å². The summed E-state index contributed by atoms with van der Waals surface area (Å²) in [5.41, 5.74) is 0.830. The van der Waals surface area contributed by atoms with E-state index < -0.39 is 24.5 Å². The molecule has 6 heteroatoms. The number of aliphatic hydroxyl groups is 1. The van der Waals surface area contributed by atoms with Gasteiger partial charge in [0.15, 0.2) is 30.0 Å². The summed E-state index contributed by atoms with van der Waals surface area (Å²) in [5, 5.41) is 10.3. The monoisotopic (exact) mass is 382 g/mol. The van der Waals surface area contributed by atoms with E-state index in [9.17, 15) is 14.7 Å². The van der Waals surface area contributed by atoms with Crippen LogP contribution in [-0.2, 0) is 20.7 Å². The number of para-hydroxylation sites is 2. The van der Waals surface area contributed by atoms with Crippen LogP contribution in [0.2, 0.25) is 0 Å². The maximum atomic E-state index is 12.4. The summed E-state index contributed by atoms with van der Waals surface area (Å²) >= 11 is 0. The zero-order valence-electron chi connectivity index (χ0n) is 15.6. The number of benzene rings is 2. The van der Waals surface area contributed by atoms with E-state index in [1.165, 1.54) is 7.11 Å². The molecule has 0 saturated carbocycles. The van der Waals surface area contributed by atoms with Crippen LogP contribution >= 0.6 is 0 Å². The molecule has 1 aliphatic rings. The fourth-order valence-electron chi connectivity index (χ4n) is 3.05. The highest BCUT2D eigenvalue weighted by atomic mass is 16.6. The predicted octanol–water partition coefficient (Wildman–Crippen LogP) is 3.40. The van der Waals surface area contributed by atoms with Gasteiger partial charge in [0.05, 0.1) is 7.11 Å². The van der Waals surface area contributed by atoms with Gasteiger partial charge in [0.25, 0.3) is 0 Å². The first kappa shape index (κ1) is 19.5. The molecule has 0 amide bonds. The molecule has 0 aliphatic carbocycles. The molecule has 0 fully saturated rings. The van der Waals surface area contributed by atoms with E-state index in [1.807, 2.05) is 30.3 Å². The highest BCUT2D eigenvalue weighted by Gasteiger charge is 2.38. The molecular formula is C22H22O6. The molecule has 1 unspecified atom stereocenters. The van der Waals surface area contributed by atoms with Crippen molar-refractivity contribution in [3.63, 3.8) is 0 Å². The molecule has 0 radical (unpaired) electrons. The van der Waals surface area contributed by atoms with Crippen molar-refractivity contribution in [3.8, 4) is 11.5 Å². The highest BCUT2D eigenvalue weighted by Crippen LogP contribution is 2.28. The van der Waals surface area contributed by atoms with Crippen molar-refractivity contribution >= 4 is 11.8 Å². The number of Topliss-reactive ketones (excluding diaryl/α,β-unsaturated/α-hetero) is 1. The summed E-state index contributed by atoms with van der Waals surface area (Å²) in [5.74, 6) is -0.896. The smallest absolute Gasteiger partial charge is 0.346 e. The largest absolute Gasteiger partial charge is 0.507 e. The average molecular weight is 382 g/mol. The lowest BCUT2D eigenvalue weighted by Gasteiger charge is -2.10. The fourth-order valence-corrected chi connectivity index (χ4v) is 3.05. The summed E-state index contributed by atoms with van der Waals surface area (Å²) in [6, 6.07) is 16.8. The number of ether oxygens (including phenoxy) is 3. The van der Waals surface area contributed by atoms with Crippen molar-refractivity contribution in [1.29, 1.82) is 0 Å². The van der Waals surface area contributed by atoms with E-state index in [4.69, 9.17) is 14.2 Å². The number of carbonyl (C=O) groups is 2. The molecule has 1 heterocycles. The summed E-state index contributed by atoms with van der Waals surface area (Å²) in [4.78, 5) is 24.5. The number of hydrogen-bond acceptors (Lipinski definition) is 6. The Kier molecular flexibility index (Phi) is 6.32. The molecular weight excluding hydrogens is 360 g/mol. The van der Waals surface area contributed by atoms with Crippen LogP contribution in [0.3, 0.4) is 0 Å². The Morgan fingerprint density at radius 3 is 2.46 bits per heavy atom. The summed E-state index contributed by atoms with van der Waals surface area (Å²) in [6.07, 6.45) is 1.16. The maximum Gasteiger partial charge on any atom is 0.346 e. The predicted molar refractivity (Wildman–Crippen MR) is 102 cm³/mol. The van der Waals surface area contributed by atoms with Crippen molar-refractivity contribution in [2.24, 2.45) is 0 Å². The maximum absolute atomic E-state index is 12.4. The zero-order chi connectivity index (χ0) is 19.9. The van der Waals surface area contributed by atoms with Gasteiger partial charge >= 0.3 is 5.97 Å². The number of hydrogen-bond donors (Lipinski definition) is 1. The van der Waals surface area contributed by atoms with Crippen molar-refractivity contribution < 1.29 is 28.9 Å². The minimum atomic E-state index is -0.809. The minimum absolute atomic E-state index is 0.313. The van der Waals surface area contributed by atoms with Gasteiger partial charge in [-0.05, 0) is 37.0 Å². The molecule has 1 atom stereocenters. The number of methoxy groups -OCH3 is 1. The standard InChI is InChI=1S/C22H22O6/c1-26-17-11-5-6-12-18(17)27-14-16(23)20-21(24)19(28-22(20)25)13-7-10-15-8-3-2-4-9-15/h2-6,8-9,11-12,19,24H,7,10,13-14H2,1H3. The molecule has 0 bridgehead atoms. The van der Waals surface area contributed by atoms with E-state index in [1.54, 1.807) is 24.3 Å². The quantitative estimate of drug-likeness (QED) is 0.529. The topological polar surface area (TPSA) is 82.1 Å². The molecule has 0 spiro atoms. The van der Waals surface area contributed by atoms with Gasteiger partial charge in [-0.15, -0.1) is 0 Å². The third-order valence-electron chi connectivity index (χ3n) is 4.50. The van der Waals surface area contributed by atoms with Crippen molar-refractivity contribution in [2.75, 3.05) is 13.7 Å². The molecule has 1 aliphatic heterocycles. The second-order valence-corrected chi connectivity index (χ2v) is 6.39. The first-order valence-corrected chi connectivity index (χ1v) is 9.07. The van der Waals surface area contributed by atoms with Gasteiger partial charge in [0.1, 0.15) is 5.57 Å². The molecule has 146 valence electrons. The first-order valence-electron chi connectivity index (χ1n) is 9.07. The van der Waals surface area contributed by atoms with E-state index in [0.717, 1.165) is 12.0 Å². The Labute approximate surface area is 163 Å². The van der Waals surface area contributed by atoms with Gasteiger partial charge < -0.3 is 19.3 Å². The molecule has 1 N–H and O–H groups in total. The van der Waals surface area contributed by atoms with E-state index in [-0.39, 0.29) is 11.3 Å².